The predicted molar refractivity (Wildman–Crippen MR) is 44.9 cm³/mol. The zero-order valence-electron chi connectivity index (χ0n) is 6.74. The third-order valence-electron chi connectivity index (χ3n) is 1.65. The molecule has 0 aliphatic heterocycles. The van der Waals surface area contributed by atoms with Crippen molar-refractivity contribution in [2.24, 2.45) is 5.73 Å². The molecule has 0 aliphatic carbocycles. The van der Waals surface area contributed by atoms with Gasteiger partial charge < -0.3 is 5.73 Å². The summed E-state index contributed by atoms with van der Waals surface area (Å²) in [5.74, 6) is 0. The number of unbranched alkanes of at least 4 members (excludes halogenated alkanes) is 1. The number of aromatic nitrogens is 1. The lowest BCUT2D eigenvalue weighted by Crippen LogP contribution is -2.32. The lowest BCUT2D eigenvalue weighted by Gasteiger charge is -1.93. The number of nitrogens with two attached hydrogens (primary N) is 1. The van der Waals surface area contributed by atoms with Gasteiger partial charge in [0.2, 0.25) is 0 Å². The van der Waals surface area contributed by atoms with Gasteiger partial charge in [-0.3, -0.25) is 0 Å². The molecule has 0 aliphatic rings. The van der Waals surface area contributed by atoms with Crippen molar-refractivity contribution in [2.45, 2.75) is 19.4 Å². The van der Waals surface area contributed by atoms with E-state index in [2.05, 4.69) is 17.0 Å². The molecule has 60 valence electrons. The highest BCUT2D eigenvalue weighted by molar-refractivity contribution is 4.83. The van der Waals surface area contributed by atoms with Gasteiger partial charge in [-0.05, 0) is 13.0 Å². The van der Waals surface area contributed by atoms with Crippen LogP contribution < -0.4 is 10.3 Å². The molecule has 0 bridgehead atoms. The van der Waals surface area contributed by atoms with Crippen molar-refractivity contribution in [2.75, 3.05) is 6.54 Å². The van der Waals surface area contributed by atoms with Gasteiger partial charge in [-0.1, -0.05) is 6.07 Å². The highest BCUT2D eigenvalue weighted by atomic mass is 14.9. The van der Waals surface area contributed by atoms with E-state index in [1.54, 1.807) is 0 Å². The fourth-order valence-electron chi connectivity index (χ4n) is 1.02. The van der Waals surface area contributed by atoms with Crippen LogP contribution in [0.1, 0.15) is 12.8 Å². The quantitative estimate of drug-likeness (QED) is 0.498. The Morgan fingerprint density at radius 1 is 1.00 bits per heavy atom. The first-order chi connectivity index (χ1) is 5.43. The van der Waals surface area contributed by atoms with Crippen molar-refractivity contribution in [1.82, 2.24) is 0 Å². The average molecular weight is 151 g/mol. The zero-order valence-corrected chi connectivity index (χ0v) is 6.74. The molecule has 0 saturated carbocycles. The monoisotopic (exact) mass is 151 g/mol. The normalized spacial score (nSPS) is 9.91. The Hall–Kier alpha value is -0.890. The Morgan fingerprint density at radius 2 is 1.73 bits per heavy atom. The molecule has 1 heterocycles. The molecule has 0 amide bonds. The van der Waals surface area contributed by atoms with Crippen LogP contribution in [0.2, 0.25) is 0 Å². The van der Waals surface area contributed by atoms with Gasteiger partial charge >= 0.3 is 0 Å². The zero-order chi connectivity index (χ0) is 7.94. The SMILES string of the molecule is NCCCC[n+]1ccccc1. The summed E-state index contributed by atoms with van der Waals surface area (Å²) >= 11 is 0. The maximum Gasteiger partial charge on any atom is 0.168 e. The number of pyridine rings is 1. The average Bonchev–Trinajstić information content (AvgIpc) is 2.07. The lowest BCUT2D eigenvalue weighted by atomic mass is 10.3. The molecule has 0 saturated heterocycles. The van der Waals surface area contributed by atoms with E-state index in [1.165, 1.54) is 6.42 Å². The number of nitrogens with zero attached hydrogens (tertiary/aromatic N) is 1. The first-order valence-electron chi connectivity index (χ1n) is 4.07. The Balaban J connectivity index is 2.28. The second-order valence-corrected chi connectivity index (χ2v) is 2.61. The van der Waals surface area contributed by atoms with Crippen molar-refractivity contribution >= 4 is 0 Å². The van der Waals surface area contributed by atoms with E-state index >= 15 is 0 Å². The molecule has 0 unspecified atom stereocenters. The van der Waals surface area contributed by atoms with Gasteiger partial charge in [0, 0.05) is 18.6 Å². The second kappa shape index (κ2) is 4.85. The lowest BCUT2D eigenvalue weighted by molar-refractivity contribution is -0.697. The van der Waals surface area contributed by atoms with Crippen LogP contribution in [0.4, 0.5) is 0 Å². The minimum atomic E-state index is 0.799. The van der Waals surface area contributed by atoms with E-state index in [4.69, 9.17) is 5.73 Å². The van der Waals surface area contributed by atoms with Crippen molar-refractivity contribution in [1.29, 1.82) is 0 Å². The molecule has 0 fully saturated rings. The molecule has 2 nitrogen and oxygen atoms in total. The van der Waals surface area contributed by atoms with Crippen molar-refractivity contribution in [3.8, 4) is 0 Å². The predicted octanol–water partition coefficient (Wildman–Crippen LogP) is 0.713. The minimum absolute atomic E-state index is 0.799. The minimum Gasteiger partial charge on any atom is -0.330 e. The Kier molecular flexibility index (Phi) is 3.62. The van der Waals surface area contributed by atoms with Gasteiger partial charge in [-0.15, -0.1) is 0 Å². The highest BCUT2D eigenvalue weighted by Gasteiger charge is 1.94. The van der Waals surface area contributed by atoms with Crippen LogP contribution in [0.5, 0.6) is 0 Å². The first-order valence-corrected chi connectivity index (χ1v) is 4.07. The van der Waals surface area contributed by atoms with E-state index in [0.717, 1.165) is 19.5 Å². The summed E-state index contributed by atoms with van der Waals surface area (Å²) in [5, 5.41) is 0. The van der Waals surface area contributed by atoms with Crippen molar-refractivity contribution in [3.05, 3.63) is 30.6 Å². The fourth-order valence-corrected chi connectivity index (χ4v) is 1.02. The van der Waals surface area contributed by atoms with E-state index in [9.17, 15) is 0 Å². The molecule has 0 aromatic carbocycles. The van der Waals surface area contributed by atoms with Crippen LogP contribution in [0.3, 0.4) is 0 Å². The molecule has 1 aromatic rings. The summed E-state index contributed by atoms with van der Waals surface area (Å²) in [6.45, 7) is 1.88. The highest BCUT2D eigenvalue weighted by Crippen LogP contribution is 1.85. The topological polar surface area (TPSA) is 29.9 Å². The van der Waals surface area contributed by atoms with Crippen molar-refractivity contribution in [3.63, 3.8) is 0 Å². The van der Waals surface area contributed by atoms with Crippen molar-refractivity contribution < 1.29 is 4.57 Å². The molecule has 0 radical (unpaired) electrons. The number of aryl methyl sites for hydroxylation is 1. The van der Waals surface area contributed by atoms with E-state index < -0.39 is 0 Å². The van der Waals surface area contributed by atoms with E-state index in [0.29, 0.717) is 0 Å². The standard InChI is InChI=1S/C9H15N2/c10-6-2-5-9-11-7-3-1-4-8-11/h1,3-4,7-8H,2,5-6,9-10H2/q+1. The summed E-state index contributed by atoms with van der Waals surface area (Å²) in [4.78, 5) is 0. The van der Waals surface area contributed by atoms with Crippen LogP contribution in [0, 0.1) is 0 Å². The molecule has 0 spiro atoms. The summed E-state index contributed by atoms with van der Waals surface area (Å²) in [6, 6.07) is 6.12. The molecule has 1 aromatic heterocycles. The van der Waals surface area contributed by atoms with E-state index in [1.807, 2.05) is 18.2 Å². The van der Waals surface area contributed by atoms with Gasteiger partial charge in [-0.2, -0.15) is 0 Å². The van der Waals surface area contributed by atoms with Gasteiger partial charge in [0.05, 0.1) is 0 Å². The molecule has 11 heavy (non-hydrogen) atoms. The summed E-state index contributed by atoms with van der Waals surface area (Å²) < 4.78 is 2.18. The molecule has 0 atom stereocenters. The van der Waals surface area contributed by atoms with Crippen LogP contribution in [-0.2, 0) is 6.54 Å². The second-order valence-electron chi connectivity index (χ2n) is 2.61. The van der Waals surface area contributed by atoms with Crippen LogP contribution in [0.15, 0.2) is 30.6 Å². The first kappa shape index (κ1) is 8.21. The summed E-state index contributed by atoms with van der Waals surface area (Å²) in [6.07, 6.45) is 6.44. The van der Waals surface area contributed by atoms with Crippen LogP contribution in [-0.4, -0.2) is 6.54 Å². The largest absolute Gasteiger partial charge is 0.330 e. The molecular formula is C9H15N2+. The van der Waals surface area contributed by atoms with E-state index in [-0.39, 0.29) is 0 Å². The molecular weight excluding hydrogens is 136 g/mol. The third-order valence-corrected chi connectivity index (χ3v) is 1.65. The molecule has 1 rings (SSSR count). The number of rotatable bonds is 4. The smallest absolute Gasteiger partial charge is 0.168 e. The number of hydrogen-bond acceptors (Lipinski definition) is 1. The van der Waals surface area contributed by atoms with Crippen LogP contribution >= 0.6 is 0 Å². The van der Waals surface area contributed by atoms with Crippen LogP contribution in [0.25, 0.3) is 0 Å². The molecule has 2 N–H and O–H groups in total. The fraction of sp³-hybridized carbons (Fsp3) is 0.444. The van der Waals surface area contributed by atoms with Gasteiger partial charge in [0.1, 0.15) is 6.54 Å². The van der Waals surface area contributed by atoms with Gasteiger partial charge in [0.15, 0.2) is 12.4 Å². The Labute approximate surface area is 67.7 Å². The summed E-state index contributed by atoms with van der Waals surface area (Å²) in [7, 11) is 0. The Morgan fingerprint density at radius 3 is 2.36 bits per heavy atom. The third kappa shape index (κ3) is 3.14. The maximum absolute atomic E-state index is 5.38. The Bertz CT molecular complexity index is 184. The summed E-state index contributed by atoms with van der Waals surface area (Å²) in [5.41, 5.74) is 5.38. The van der Waals surface area contributed by atoms with Gasteiger partial charge in [-0.25, -0.2) is 4.57 Å². The maximum atomic E-state index is 5.38. The molecule has 2 heteroatoms. The van der Waals surface area contributed by atoms with Gasteiger partial charge in [0.25, 0.3) is 0 Å². The number of hydrogen-bond donors (Lipinski definition) is 1.